The molecule has 0 aromatic heterocycles. The lowest BCUT2D eigenvalue weighted by atomic mass is 10.1. The van der Waals surface area contributed by atoms with E-state index in [0.29, 0.717) is 30.9 Å². The van der Waals surface area contributed by atoms with Crippen molar-refractivity contribution in [2.75, 3.05) is 20.2 Å². The summed E-state index contributed by atoms with van der Waals surface area (Å²) >= 11 is 0. The lowest BCUT2D eigenvalue weighted by molar-refractivity contribution is -0.116. The number of amides is 1. The summed E-state index contributed by atoms with van der Waals surface area (Å²) in [6.45, 7) is 3.48. The predicted octanol–water partition coefficient (Wildman–Crippen LogP) is 3.51. The van der Waals surface area contributed by atoms with Gasteiger partial charge in [-0.3, -0.25) is 4.79 Å². The molecule has 0 spiro atoms. The van der Waals surface area contributed by atoms with Gasteiger partial charge in [0.05, 0.1) is 7.11 Å². The van der Waals surface area contributed by atoms with E-state index in [9.17, 15) is 13.2 Å². The summed E-state index contributed by atoms with van der Waals surface area (Å²) in [6.07, 6.45) is 5.80. The molecule has 1 heterocycles. The molecule has 1 amide bonds. The highest BCUT2D eigenvalue weighted by atomic mass is 32.2. The average Bonchev–Trinajstić information content (AvgIpc) is 2.77. The van der Waals surface area contributed by atoms with Gasteiger partial charge in [0.15, 0.2) is 0 Å². The Morgan fingerprint density at radius 3 is 2.57 bits per heavy atom. The van der Waals surface area contributed by atoms with E-state index >= 15 is 0 Å². The van der Waals surface area contributed by atoms with Crippen LogP contribution in [0.5, 0.6) is 5.75 Å². The van der Waals surface area contributed by atoms with Gasteiger partial charge in [0.1, 0.15) is 10.6 Å². The van der Waals surface area contributed by atoms with Gasteiger partial charge in [-0.15, -0.1) is 0 Å². The van der Waals surface area contributed by atoms with E-state index in [0.717, 1.165) is 30.4 Å². The molecular weight excluding hydrogens is 400 g/mol. The minimum absolute atomic E-state index is 0.134. The third-order valence-electron chi connectivity index (χ3n) is 5.26. The Bertz CT molecular complexity index is 1030. The maximum absolute atomic E-state index is 13.1. The molecule has 2 aromatic rings. The van der Waals surface area contributed by atoms with E-state index in [-0.39, 0.29) is 10.8 Å². The molecule has 6 nitrogen and oxygen atoms in total. The molecule has 3 rings (SSSR count). The summed E-state index contributed by atoms with van der Waals surface area (Å²) in [6, 6.07) is 12.8. The molecule has 0 radical (unpaired) electrons. The summed E-state index contributed by atoms with van der Waals surface area (Å²) in [5.41, 5.74) is 2.79. The number of rotatable bonds is 7. The molecule has 0 bridgehead atoms. The smallest absolute Gasteiger partial charge is 0.246 e. The number of nitrogens with one attached hydrogen (secondary N) is 1. The lowest BCUT2D eigenvalue weighted by Gasteiger charge is -2.26. The molecule has 1 saturated heterocycles. The molecule has 0 atom stereocenters. The molecule has 1 N–H and O–H groups in total. The first-order chi connectivity index (χ1) is 14.4. The van der Waals surface area contributed by atoms with Gasteiger partial charge in [0.2, 0.25) is 15.9 Å². The zero-order valence-corrected chi connectivity index (χ0v) is 18.2. The van der Waals surface area contributed by atoms with E-state index in [4.69, 9.17) is 4.74 Å². The van der Waals surface area contributed by atoms with E-state index in [1.165, 1.54) is 17.5 Å². The Hall–Kier alpha value is -2.64. The molecule has 0 aliphatic carbocycles. The van der Waals surface area contributed by atoms with E-state index in [1.807, 2.05) is 31.2 Å². The molecule has 30 heavy (non-hydrogen) atoms. The summed E-state index contributed by atoms with van der Waals surface area (Å²) in [5, 5.41) is 2.85. The number of hydrogen-bond donors (Lipinski definition) is 1. The first-order valence-corrected chi connectivity index (χ1v) is 11.5. The molecule has 0 unspecified atom stereocenters. The Balaban J connectivity index is 1.74. The normalized spacial score (nSPS) is 15.3. The molecule has 1 aliphatic heterocycles. The van der Waals surface area contributed by atoms with Crippen LogP contribution in [-0.4, -0.2) is 38.8 Å². The third-order valence-corrected chi connectivity index (χ3v) is 7.18. The number of sulfonamides is 1. The van der Waals surface area contributed by atoms with Gasteiger partial charge >= 0.3 is 0 Å². The standard InChI is InChI=1S/C23H28N2O4S/c1-18-8-4-5-9-20(18)17-24-23(26)13-11-19-10-12-21(29-2)22(16-19)30(27,28)25-14-6-3-7-15-25/h4-5,8-13,16H,3,6-7,14-15,17H2,1-2H3,(H,24,26)/b13-11+. The average molecular weight is 429 g/mol. The summed E-state index contributed by atoms with van der Waals surface area (Å²) in [4.78, 5) is 12.3. The van der Waals surface area contributed by atoms with Crippen molar-refractivity contribution in [2.24, 2.45) is 0 Å². The quantitative estimate of drug-likeness (QED) is 0.685. The van der Waals surface area contributed by atoms with Crippen LogP contribution in [-0.2, 0) is 21.4 Å². The van der Waals surface area contributed by atoms with Crippen molar-refractivity contribution in [3.05, 3.63) is 65.2 Å². The van der Waals surface area contributed by atoms with Gasteiger partial charge in [0, 0.05) is 25.7 Å². The second-order valence-corrected chi connectivity index (χ2v) is 9.26. The second kappa shape index (κ2) is 9.91. The molecule has 7 heteroatoms. The Labute approximate surface area is 178 Å². The fourth-order valence-corrected chi connectivity index (χ4v) is 5.17. The molecule has 1 fully saturated rings. The highest BCUT2D eigenvalue weighted by Gasteiger charge is 2.28. The first kappa shape index (κ1) is 22.1. The number of benzene rings is 2. The van der Waals surface area contributed by atoms with Gasteiger partial charge in [-0.25, -0.2) is 8.42 Å². The number of carbonyl (C=O) groups is 1. The zero-order chi connectivity index (χ0) is 21.6. The molecule has 0 saturated carbocycles. The highest BCUT2D eigenvalue weighted by molar-refractivity contribution is 7.89. The maximum Gasteiger partial charge on any atom is 0.246 e. The van der Waals surface area contributed by atoms with Crippen molar-refractivity contribution >= 4 is 22.0 Å². The zero-order valence-electron chi connectivity index (χ0n) is 17.4. The minimum atomic E-state index is -3.64. The SMILES string of the molecule is COc1ccc(/C=C/C(=O)NCc2ccccc2C)cc1S(=O)(=O)N1CCCCC1. The number of nitrogens with zero attached hydrogens (tertiary/aromatic N) is 1. The van der Waals surface area contributed by atoms with Gasteiger partial charge in [-0.05, 0) is 54.7 Å². The largest absolute Gasteiger partial charge is 0.495 e. The van der Waals surface area contributed by atoms with Crippen LogP contribution in [0.3, 0.4) is 0 Å². The van der Waals surface area contributed by atoms with Gasteiger partial charge in [-0.1, -0.05) is 36.8 Å². The van der Waals surface area contributed by atoms with Crippen molar-refractivity contribution < 1.29 is 17.9 Å². The van der Waals surface area contributed by atoms with Crippen LogP contribution < -0.4 is 10.1 Å². The van der Waals surface area contributed by atoms with Crippen LogP contribution >= 0.6 is 0 Å². The number of aryl methyl sites for hydroxylation is 1. The van der Waals surface area contributed by atoms with Crippen molar-refractivity contribution in [3.8, 4) is 5.75 Å². The number of ether oxygens (including phenoxy) is 1. The van der Waals surface area contributed by atoms with Crippen LogP contribution in [0.1, 0.15) is 36.0 Å². The minimum Gasteiger partial charge on any atom is -0.495 e. The van der Waals surface area contributed by atoms with Crippen LogP contribution in [0.4, 0.5) is 0 Å². The summed E-state index contributed by atoms with van der Waals surface area (Å²) < 4.78 is 33.0. The third kappa shape index (κ3) is 5.29. The fraction of sp³-hybridized carbons (Fsp3) is 0.348. The summed E-state index contributed by atoms with van der Waals surface area (Å²) in [5.74, 6) is 0.0660. The molecule has 160 valence electrons. The molecule has 2 aromatic carbocycles. The van der Waals surface area contributed by atoms with Crippen LogP contribution in [0.25, 0.3) is 6.08 Å². The fourth-order valence-electron chi connectivity index (χ4n) is 3.46. The van der Waals surface area contributed by atoms with E-state index in [2.05, 4.69) is 5.32 Å². The van der Waals surface area contributed by atoms with Crippen LogP contribution in [0.2, 0.25) is 0 Å². The molecule has 1 aliphatic rings. The highest BCUT2D eigenvalue weighted by Crippen LogP contribution is 2.30. The Morgan fingerprint density at radius 1 is 1.13 bits per heavy atom. The number of carbonyl (C=O) groups excluding carboxylic acids is 1. The van der Waals surface area contributed by atoms with Gasteiger partial charge in [-0.2, -0.15) is 4.31 Å². The Morgan fingerprint density at radius 2 is 1.87 bits per heavy atom. The van der Waals surface area contributed by atoms with E-state index in [1.54, 1.807) is 24.3 Å². The van der Waals surface area contributed by atoms with Gasteiger partial charge in [0.25, 0.3) is 0 Å². The van der Waals surface area contributed by atoms with Crippen LogP contribution in [0, 0.1) is 6.92 Å². The second-order valence-electron chi connectivity index (χ2n) is 7.35. The summed E-state index contributed by atoms with van der Waals surface area (Å²) in [7, 11) is -2.19. The van der Waals surface area contributed by atoms with Crippen molar-refractivity contribution in [2.45, 2.75) is 37.6 Å². The first-order valence-electron chi connectivity index (χ1n) is 10.1. The maximum atomic E-state index is 13.1. The topological polar surface area (TPSA) is 75.7 Å². The van der Waals surface area contributed by atoms with Crippen molar-refractivity contribution in [1.29, 1.82) is 0 Å². The number of methoxy groups -OCH3 is 1. The monoisotopic (exact) mass is 428 g/mol. The lowest BCUT2D eigenvalue weighted by Crippen LogP contribution is -2.35. The van der Waals surface area contributed by atoms with E-state index < -0.39 is 10.0 Å². The predicted molar refractivity (Wildman–Crippen MR) is 118 cm³/mol. The molecular formula is C23H28N2O4S. The van der Waals surface area contributed by atoms with Crippen molar-refractivity contribution in [3.63, 3.8) is 0 Å². The van der Waals surface area contributed by atoms with Gasteiger partial charge < -0.3 is 10.1 Å². The van der Waals surface area contributed by atoms with Crippen molar-refractivity contribution in [1.82, 2.24) is 9.62 Å². The Kier molecular flexibility index (Phi) is 7.29. The van der Waals surface area contributed by atoms with Crippen LogP contribution in [0.15, 0.2) is 53.4 Å². The number of hydrogen-bond acceptors (Lipinski definition) is 4. The number of piperidine rings is 1.